The van der Waals surface area contributed by atoms with Gasteiger partial charge in [0.25, 0.3) is 0 Å². The molecule has 0 aliphatic heterocycles. The molecule has 0 saturated heterocycles. The number of pyridine rings is 1. The SMILES string of the molecule is COc1cc(C)c(NC(=O)O)c(C)n1. The fourth-order valence-corrected chi connectivity index (χ4v) is 1.20. The van der Waals surface area contributed by atoms with Crippen molar-refractivity contribution in [1.29, 1.82) is 0 Å². The maximum atomic E-state index is 10.5. The van der Waals surface area contributed by atoms with Crippen LogP contribution in [0.3, 0.4) is 0 Å². The van der Waals surface area contributed by atoms with Gasteiger partial charge in [0.05, 0.1) is 18.5 Å². The van der Waals surface area contributed by atoms with Gasteiger partial charge in [-0.25, -0.2) is 9.78 Å². The summed E-state index contributed by atoms with van der Waals surface area (Å²) in [5.74, 6) is 0.482. The van der Waals surface area contributed by atoms with Gasteiger partial charge < -0.3 is 9.84 Å². The molecular formula is C9H12N2O3. The Bertz CT molecular complexity index is 340. The third-order valence-corrected chi connectivity index (χ3v) is 1.82. The van der Waals surface area contributed by atoms with Gasteiger partial charge in [0.1, 0.15) is 0 Å². The lowest BCUT2D eigenvalue weighted by atomic mass is 10.2. The second-order valence-electron chi connectivity index (χ2n) is 2.87. The highest BCUT2D eigenvalue weighted by molar-refractivity contribution is 5.84. The van der Waals surface area contributed by atoms with Crippen LogP contribution in [0.1, 0.15) is 11.3 Å². The molecule has 76 valence electrons. The fraction of sp³-hybridized carbons (Fsp3) is 0.333. The molecule has 0 aromatic carbocycles. The highest BCUT2D eigenvalue weighted by atomic mass is 16.5. The van der Waals surface area contributed by atoms with Crippen molar-refractivity contribution < 1.29 is 14.6 Å². The van der Waals surface area contributed by atoms with Crippen molar-refractivity contribution >= 4 is 11.8 Å². The minimum atomic E-state index is -1.09. The molecule has 1 aromatic rings. The van der Waals surface area contributed by atoms with E-state index in [0.29, 0.717) is 17.3 Å². The number of aromatic nitrogens is 1. The Labute approximate surface area is 81.7 Å². The maximum Gasteiger partial charge on any atom is 0.409 e. The van der Waals surface area contributed by atoms with Crippen LogP contribution in [-0.2, 0) is 0 Å². The normalized spacial score (nSPS) is 9.64. The van der Waals surface area contributed by atoms with Crippen LogP contribution < -0.4 is 10.1 Å². The first-order chi connectivity index (χ1) is 6.54. The number of amides is 1. The molecule has 0 unspecified atom stereocenters. The van der Waals surface area contributed by atoms with Crippen LogP contribution in [-0.4, -0.2) is 23.3 Å². The van der Waals surface area contributed by atoms with E-state index >= 15 is 0 Å². The van der Waals surface area contributed by atoms with Gasteiger partial charge in [0, 0.05) is 6.07 Å². The van der Waals surface area contributed by atoms with Crippen LogP contribution in [0, 0.1) is 13.8 Å². The topological polar surface area (TPSA) is 71.5 Å². The highest BCUT2D eigenvalue weighted by Crippen LogP contribution is 2.22. The van der Waals surface area contributed by atoms with Gasteiger partial charge in [0.2, 0.25) is 5.88 Å². The first-order valence-electron chi connectivity index (χ1n) is 4.06. The summed E-state index contributed by atoms with van der Waals surface area (Å²) in [5.41, 5.74) is 1.90. The standard InChI is InChI=1S/C9H12N2O3/c1-5-4-7(14-3)10-6(2)8(5)11-9(12)13/h4,11H,1-3H3,(H,12,13). The van der Waals surface area contributed by atoms with E-state index in [1.165, 1.54) is 7.11 Å². The van der Waals surface area contributed by atoms with E-state index in [-0.39, 0.29) is 0 Å². The molecular weight excluding hydrogens is 184 g/mol. The van der Waals surface area contributed by atoms with Crippen molar-refractivity contribution in [2.24, 2.45) is 0 Å². The van der Waals surface area contributed by atoms with Crippen LogP contribution in [0.2, 0.25) is 0 Å². The molecule has 0 radical (unpaired) electrons. The van der Waals surface area contributed by atoms with Crippen LogP contribution in [0.25, 0.3) is 0 Å². The second-order valence-corrected chi connectivity index (χ2v) is 2.87. The Morgan fingerprint density at radius 3 is 2.64 bits per heavy atom. The van der Waals surface area contributed by atoms with E-state index in [9.17, 15) is 4.79 Å². The summed E-state index contributed by atoms with van der Waals surface area (Å²) in [7, 11) is 1.52. The molecule has 1 heterocycles. The number of hydrogen-bond donors (Lipinski definition) is 2. The summed E-state index contributed by atoms with van der Waals surface area (Å²) in [4.78, 5) is 14.5. The van der Waals surface area contributed by atoms with Crippen LogP contribution in [0.15, 0.2) is 6.07 Å². The molecule has 1 amide bonds. The average Bonchev–Trinajstić information content (AvgIpc) is 2.10. The number of nitrogens with one attached hydrogen (secondary N) is 1. The number of methoxy groups -OCH3 is 1. The van der Waals surface area contributed by atoms with Crippen molar-refractivity contribution in [2.45, 2.75) is 13.8 Å². The Morgan fingerprint density at radius 1 is 1.57 bits per heavy atom. The molecule has 5 heteroatoms. The zero-order chi connectivity index (χ0) is 10.7. The number of rotatable bonds is 2. The van der Waals surface area contributed by atoms with Crippen molar-refractivity contribution in [2.75, 3.05) is 12.4 Å². The Kier molecular flexibility index (Phi) is 2.91. The van der Waals surface area contributed by atoms with Gasteiger partial charge in [-0.3, -0.25) is 5.32 Å². The molecule has 1 rings (SSSR count). The molecule has 0 aliphatic carbocycles. The third kappa shape index (κ3) is 2.12. The third-order valence-electron chi connectivity index (χ3n) is 1.82. The number of carbonyl (C=O) groups is 1. The number of nitrogens with zero attached hydrogens (tertiary/aromatic N) is 1. The summed E-state index contributed by atoms with van der Waals surface area (Å²) in [5, 5.41) is 10.9. The number of hydrogen-bond acceptors (Lipinski definition) is 3. The quantitative estimate of drug-likeness (QED) is 0.756. The van der Waals surface area contributed by atoms with E-state index in [1.54, 1.807) is 19.9 Å². The second kappa shape index (κ2) is 3.95. The molecule has 0 atom stereocenters. The fourth-order valence-electron chi connectivity index (χ4n) is 1.20. The summed E-state index contributed by atoms with van der Waals surface area (Å²) >= 11 is 0. The van der Waals surface area contributed by atoms with Crippen molar-refractivity contribution in [1.82, 2.24) is 4.98 Å². The van der Waals surface area contributed by atoms with Crippen LogP contribution in [0.4, 0.5) is 10.5 Å². The molecule has 2 N–H and O–H groups in total. The molecule has 0 bridgehead atoms. The predicted molar refractivity (Wildman–Crippen MR) is 51.9 cm³/mol. The monoisotopic (exact) mass is 196 g/mol. The Morgan fingerprint density at radius 2 is 2.21 bits per heavy atom. The van der Waals surface area contributed by atoms with Gasteiger partial charge in [-0.2, -0.15) is 0 Å². The summed E-state index contributed by atoms with van der Waals surface area (Å²) in [6, 6.07) is 1.68. The highest BCUT2D eigenvalue weighted by Gasteiger charge is 2.08. The number of carboxylic acid groups (broad SMARTS) is 1. The van der Waals surface area contributed by atoms with Gasteiger partial charge in [-0.05, 0) is 19.4 Å². The molecule has 1 aromatic heterocycles. The van der Waals surface area contributed by atoms with Crippen molar-refractivity contribution in [3.05, 3.63) is 17.3 Å². The minimum absolute atomic E-state index is 0.482. The van der Waals surface area contributed by atoms with Crippen molar-refractivity contribution in [3.8, 4) is 5.88 Å². The summed E-state index contributed by atoms with van der Waals surface area (Å²) in [6.07, 6.45) is -1.09. The zero-order valence-electron chi connectivity index (χ0n) is 8.29. The molecule has 14 heavy (non-hydrogen) atoms. The first-order valence-corrected chi connectivity index (χ1v) is 4.06. The van der Waals surface area contributed by atoms with Crippen molar-refractivity contribution in [3.63, 3.8) is 0 Å². The zero-order valence-corrected chi connectivity index (χ0v) is 8.29. The molecule has 5 nitrogen and oxygen atoms in total. The maximum absolute atomic E-state index is 10.5. The van der Waals surface area contributed by atoms with Crippen LogP contribution in [0.5, 0.6) is 5.88 Å². The molecule has 0 saturated carbocycles. The van der Waals surface area contributed by atoms with E-state index in [4.69, 9.17) is 9.84 Å². The van der Waals surface area contributed by atoms with E-state index < -0.39 is 6.09 Å². The summed E-state index contributed by atoms with van der Waals surface area (Å²) < 4.78 is 4.95. The number of ether oxygens (including phenoxy) is 1. The van der Waals surface area contributed by atoms with Gasteiger partial charge in [0.15, 0.2) is 0 Å². The minimum Gasteiger partial charge on any atom is -0.481 e. The van der Waals surface area contributed by atoms with E-state index in [0.717, 1.165) is 5.56 Å². The van der Waals surface area contributed by atoms with Gasteiger partial charge in [-0.15, -0.1) is 0 Å². The lowest BCUT2D eigenvalue weighted by Gasteiger charge is -2.09. The van der Waals surface area contributed by atoms with Gasteiger partial charge in [-0.1, -0.05) is 0 Å². The average molecular weight is 196 g/mol. The molecule has 0 spiro atoms. The largest absolute Gasteiger partial charge is 0.481 e. The molecule has 0 fully saturated rings. The lowest BCUT2D eigenvalue weighted by molar-refractivity contribution is 0.209. The molecule has 0 aliphatic rings. The van der Waals surface area contributed by atoms with Crippen LogP contribution >= 0.6 is 0 Å². The summed E-state index contributed by atoms with van der Waals surface area (Å²) in [6.45, 7) is 3.52. The van der Waals surface area contributed by atoms with Gasteiger partial charge >= 0.3 is 6.09 Å². The Balaban J connectivity index is 3.11. The van der Waals surface area contributed by atoms with E-state index in [2.05, 4.69) is 10.3 Å². The first kappa shape index (κ1) is 10.3. The smallest absolute Gasteiger partial charge is 0.409 e. The number of aryl methyl sites for hydroxylation is 2. The van der Waals surface area contributed by atoms with E-state index in [1.807, 2.05) is 0 Å². The Hall–Kier alpha value is -1.78. The predicted octanol–water partition coefficient (Wildman–Crippen LogP) is 1.80. The lowest BCUT2D eigenvalue weighted by Crippen LogP contribution is -2.11. The number of anilines is 1.